The standard InChI is InChI=1S/C9H10O2.C2H2.CH5NO/c10-9(11)7-6-8-4-2-1-3-5-8;1-2;2-1-3/h1-5H,6-7H2,(H,10,11);1-2H;3H,1-2H2. The molecule has 0 aliphatic carbocycles. The zero-order chi connectivity index (χ0) is 12.8. The van der Waals surface area contributed by atoms with E-state index in [1.54, 1.807) is 0 Å². The highest BCUT2D eigenvalue weighted by Gasteiger charge is 1.96. The molecule has 0 heterocycles. The van der Waals surface area contributed by atoms with Gasteiger partial charge in [0.05, 0.1) is 6.73 Å². The van der Waals surface area contributed by atoms with E-state index in [2.05, 4.69) is 18.6 Å². The van der Waals surface area contributed by atoms with Gasteiger partial charge in [0, 0.05) is 6.42 Å². The van der Waals surface area contributed by atoms with Crippen molar-refractivity contribution in [2.24, 2.45) is 5.73 Å². The van der Waals surface area contributed by atoms with Crippen LogP contribution in [0.5, 0.6) is 0 Å². The Morgan fingerprint density at radius 1 is 1.25 bits per heavy atom. The molecule has 1 rings (SSSR count). The third kappa shape index (κ3) is 12.2. The largest absolute Gasteiger partial charge is 0.481 e. The van der Waals surface area contributed by atoms with Gasteiger partial charge in [0.25, 0.3) is 0 Å². The molecule has 4 N–H and O–H groups in total. The van der Waals surface area contributed by atoms with Crippen molar-refractivity contribution in [3.8, 4) is 12.8 Å². The smallest absolute Gasteiger partial charge is 0.303 e. The molecule has 0 fully saturated rings. The van der Waals surface area contributed by atoms with E-state index in [0.717, 1.165) is 5.56 Å². The number of rotatable bonds is 3. The monoisotopic (exact) mass is 223 g/mol. The van der Waals surface area contributed by atoms with Crippen LogP contribution < -0.4 is 5.73 Å². The first-order valence-electron chi connectivity index (χ1n) is 4.60. The lowest BCUT2D eigenvalue weighted by Crippen LogP contribution is -1.96. The number of benzene rings is 1. The van der Waals surface area contributed by atoms with Gasteiger partial charge in [-0.15, -0.1) is 12.8 Å². The molecule has 0 aromatic heterocycles. The lowest BCUT2D eigenvalue weighted by atomic mass is 10.1. The number of nitrogens with two attached hydrogens (primary N) is 1. The second kappa shape index (κ2) is 13.2. The second-order valence-electron chi connectivity index (χ2n) is 2.56. The van der Waals surface area contributed by atoms with Gasteiger partial charge >= 0.3 is 5.97 Å². The summed E-state index contributed by atoms with van der Waals surface area (Å²) in [6, 6.07) is 9.62. The number of aliphatic hydroxyl groups is 1. The number of carbonyl (C=O) groups is 1. The van der Waals surface area contributed by atoms with E-state index in [0.29, 0.717) is 6.42 Å². The minimum atomic E-state index is -0.742. The fourth-order valence-electron chi connectivity index (χ4n) is 0.896. The molecule has 4 nitrogen and oxygen atoms in total. The summed E-state index contributed by atoms with van der Waals surface area (Å²) in [6.45, 7) is -0.250. The summed E-state index contributed by atoms with van der Waals surface area (Å²) in [5.74, 6) is -0.742. The summed E-state index contributed by atoms with van der Waals surface area (Å²) < 4.78 is 0. The molecular weight excluding hydrogens is 206 g/mol. The zero-order valence-electron chi connectivity index (χ0n) is 9.04. The van der Waals surface area contributed by atoms with Crippen LogP contribution in [0.2, 0.25) is 0 Å². The Balaban J connectivity index is 0. The quantitative estimate of drug-likeness (QED) is 0.524. The van der Waals surface area contributed by atoms with Gasteiger partial charge in [-0.05, 0) is 12.0 Å². The number of aliphatic hydroxyl groups excluding tert-OH is 1. The third-order valence-corrected chi connectivity index (χ3v) is 1.47. The molecule has 0 amide bonds. The molecule has 88 valence electrons. The minimum Gasteiger partial charge on any atom is -0.481 e. The van der Waals surface area contributed by atoms with Gasteiger partial charge in [0.1, 0.15) is 0 Å². The Morgan fingerprint density at radius 3 is 2.06 bits per heavy atom. The maximum absolute atomic E-state index is 10.2. The molecule has 4 heteroatoms. The van der Waals surface area contributed by atoms with Crippen LogP contribution in [0.25, 0.3) is 0 Å². The van der Waals surface area contributed by atoms with E-state index in [4.69, 9.17) is 10.2 Å². The van der Waals surface area contributed by atoms with Gasteiger partial charge in [-0.1, -0.05) is 30.3 Å². The molecule has 0 saturated heterocycles. The molecule has 0 radical (unpaired) electrons. The third-order valence-electron chi connectivity index (χ3n) is 1.47. The van der Waals surface area contributed by atoms with Crippen LogP contribution in [-0.2, 0) is 11.2 Å². The summed E-state index contributed by atoms with van der Waals surface area (Å²) in [7, 11) is 0. The van der Waals surface area contributed by atoms with E-state index in [1.807, 2.05) is 30.3 Å². The Kier molecular flexibility index (Phi) is 13.7. The highest BCUT2D eigenvalue weighted by molar-refractivity contribution is 5.67. The average Bonchev–Trinajstić information content (AvgIpc) is 2.31. The first-order chi connectivity index (χ1) is 7.70. The maximum Gasteiger partial charge on any atom is 0.303 e. The molecule has 1 aromatic rings. The number of carboxylic acid groups (broad SMARTS) is 1. The predicted molar refractivity (Wildman–Crippen MR) is 63.6 cm³/mol. The van der Waals surface area contributed by atoms with Crippen LogP contribution in [0.3, 0.4) is 0 Å². The summed E-state index contributed by atoms with van der Waals surface area (Å²) in [5.41, 5.74) is 5.48. The van der Waals surface area contributed by atoms with E-state index >= 15 is 0 Å². The fourth-order valence-corrected chi connectivity index (χ4v) is 0.896. The molecule has 16 heavy (non-hydrogen) atoms. The Labute approximate surface area is 95.7 Å². The van der Waals surface area contributed by atoms with Crippen LogP contribution in [0, 0.1) is 12.8 Å². The highest BCUT2D eigenvalue weighted by Crippen LogP contribution is 2.01. The van der Waals surface area contributed by atoms with Gasteiger partial charge in [0.2, 0.25) is 0 Å². The van der Waals surface area contributed by atoms with Crippen LogP contribution in [0.4, 0.5) is 0 Å². The van der Waals surface area contributed by atoms with Gasteiger partial charge in [-0.2, -0.15) is 0 Å². The molecule has 0 unspecified atom stereocenters. The second-order valence-corrected chi connectivity index (χ2v) is 2.56. The van der Waals surface area contributed by atoms with Gasteiger partial charge in [0.15, 0.2) is 0 Å². The molecule has 1 aromatic carbocycles. The Morgan fingerprint density at radius 2 is 1.69 bits per heavy atom. The highest BCUT2D eigenvalue weighted by atomic mass is 16.4. The first-order valence-corrected chi connectivity index (χ1v) is 4.60. The molecule has 0 atom stereocenters. The molecule has 0 aliphatic rings. The van der Waals surface area contributed by atoms with Crippen molar-refractivity contribution in [1.29, 1.82) is 0 Å². The molecule has 0 spiro atoms. The summed E-state index contributed by atoms with van der Waals surface area (Å²) >= 11 is 0. The van der Waals surface area contributed by atoms with Crippen molar-refractivity contribution in [3.05, 3.63) is 35.9 Å². The topological polar surface area (TPSA) is 83.5 Å². The van der Waals surface area contributed by atoms with Gasteiger partial charge < -0.3 is 15.9 Å². The summed E-state index contributed by atoms with van der Waals surface area (Å²) in [5, 5.41) is 15.7. The molecular formula is C12H17NO3. The number of hydrogen-bond acceptors (Lipinski definition) is 3. The van der Waals surface area contributed by atoms with Crippen molar-refractivity contribution >= 4 is 5.97 Å². The van der Waals surface area contributed by atoms with Gasteiger partial charge in [-0.3, -0.25) is 4.79 Å². The number of aryl methyl sites for hydroxylation is 1. The van der Waals surface area contributed by atoms with Crippen molar-refractivity contribution in [2.75, 3.05) is 6.73 Å². The maximum atomic E-state index is 10.2. The van der Waals surface area contributed by atoms with E-state index in [-0.39, 0.29) is 13.2 Å². The summed E-state index contributed by atoms with van der Waals surface area (Å²) in [4.78, 5) is 10.2. The fraction of sp³-hybridized carbons (Fsp3) is 0.250. The Hall–Kier alpha value is -1.83. The number of hydrogen-bond donors (Lipinski definition) is 3. The zero-order valence-corrected chi connectivity index (χ0v) is 9.04. The van der Waals surface area contributed by atoms with Crippen LogP contribution in [0.15, 0.2) is 30.3 Å². The molecule has 0 bridgehead atoms. The van der Waals surface area contributed by atoms with Crippen LogP contribution >= 0.6 is 0 Å². The average molecular weight is 223 g/mol. The number of carboxylic acids is 1. The summed E-state index contributed by atoms with van der Waals surface area (Å²) in [6.07, 6.45) is 8.83. The predicted octanol–water partition coefficient (Wildman–Crippen LogP) is 0.848. The van der Waals surface area contributed by atoms with E-state index in [9.17, 15) is 4.79 Å². The van der Waals surface area contributed by atoms with E-state index in [1.165, 1.54) is 0 Å². The minimum absolute atomic E-state index is 0.212. The Bertz CT molecular complexity index is 283. The van der Waals surface area contributed by atoms with Crippen molar-refractivity contribution in [1.82, 2.24) is 0 Å². The lowest BCUT2D eigenvalue weighted by molar-refractivity contribution is -0.136. The van der Waals surface area contributed by atoms with Crippen LogP contribution in [0.1, 0.15) is 12.0 Å². The van der Waals surface area contributed by atoms with E-state index < -0.39 is 5.97 Å². The SMILES string of the molecule is C#C.NCO.O=C(O)CCc1ccccc1. The van der Waals surface area contributed by atoms with Gasteiger partial charge in [-0.25, -0.2) is 0 Å². The molecule has 0 aliphatic heterocycles. The first kappa shape index (κ1) is 16.6. The number of terminal acetylenes is 1. The number of aliphatic carboxylic acids is 1. The lowest BCUT2D eigenvalue weighted by Gasteiger charge is -1.95. The van der Waals surface area contributed by atoms with Crippen LogP contribution in [-0.4, -0.2) is 22.9 Å². The molecule has 0 saturated carbocycles. The normalized spacial score (nSPS) is 7.75. The van der Waals surface area contributed by atoms with Crippen molar-refractivity contribution in [2.45, 2.75) is 12.8 Å². The van der Waals surface area contributed by atoms with Crippen molar-refractivity contribution < 1.29 is 15.0 Å². The van der Waals surface area contributed by atoms with Crippen molar-refractivity contribution in [3.63, 3.8) is 0 Å².